The Morgan fingerprint density at radius 2 is 1.21 bits per heavy atom. The minimum atomic E-state index is -2.72. The van der Waals surface area contributed by atoms with E-state index in [0.29, 0.717) is 0 Å². The molecule has 6 heterocycles. The van der Waals surface area contributed by atoms with Gasteiger partial charge in [0.2, 0.25) is 0 Å². The number of pyridine rings is 2. The molecule has 0 saturated heterocycles. The van der Waals surface area contributed by atoms with Crippen LogP contribution in [0.5, 0.6) is 0 Å². The highest BCUT2D eigenvalue weighted by atomic mass is 28.3. The first-order valence-electron chi connectivity index (χ1n) is 20.1. The zero-order valence-electron chi connectivity index (χ0n) is 32.5. The Bertz CT molecular complexity index is 3290. The van der Waals surface area contributed by atoms with Crippen molar-refractivity contribution in [3.63, 3.8) is 0 Å². The standard InChI is InChI=1S/C51H42N4Si/c1-30-20-23-34-24-27-43-42(53-49-38-19-13-12-18-37(38)44(30)46(34)54(43)49)29-33-22-25-39-40(28-33)45-31(2)21-26-41-47(45)55-48(39)52-32(3)50(55)56(51(41,4)5,35-14-8-6-9-15-35)36-16-10-7-11-17-36/h6-23,25-26,28H,24,27,29H2,1-5H3. The fourth-order valence-electron chi connectivity index (χ4n) is 11.5. The van der Waals surface area contributed by atoms with E-state index in [1.54, 1.807) is 0 Å². The molecule has 0 bridgehead atoms. The van der Waals surface area contributed by atoms with E-state index < -0.39 is 8.07 Å². The van der Waals surface area contributed by atoms with Gasteiger partial charge in [-0.3, -0.25) is 8.80 Å². The maximum atomic E-state index is 5.56. The van der Waals surface area contributed by atoms with Crippen LogP contribution in [0.1, 0.15) is 58.7 Å². The van der Waals surface area contributed by atoms with Crippen molar-refractivity contribution in [3.05, 3.63) is 172 Å². The molecule has 12 rings (SSSR count). The van der Waals surface area contributed by atoms with Crippen molar-refractivity contribution < 1.29 is 0 Å². The van der Waals surface area contributed by atoms with Crippen molar-refractivity contribution >= 4 is 78.4 Å². The van der Waals surface area contributed by atoms with E-state index in [9.17, 15) is 0 Å². The van der Waals surface area contributed by atoms with Gasteiger partial charge < -0.3 is 0 Å². The van der Waals surface area contributed by atoms with Crippen molar-refractivity contribution in [3.8, 4) is 0 Å². The summed E-state index contributed by atoms with van der Waals surface area (Å²) >= 11 is 0. The highest BCUT2D eigenvalue weighted by molar-refractivity contribution is 7.13. The van der Waals surface area contributed by atoms with E-state index in [0.717, 1.165) is 36.3 Å². The fraction of sp³-hybridized carbons (Fsp3) is 0.176. The molecule has 2 aliphatic heterocycles. The average Bonchev–Trinajstić information content (AvgIpc) is 3.77. The fourth-order valence-corrected chi connectivity index (χ4v) is 17.5. The van der Waals surface area contributed by atoms with E-state index in [2.05, 4.69) is 171 Å². The molecule has 0 spiro atoms. The predicted octanol–water partition coefficient (Wildman–Crippen LogP) is 9.51. The Balaban J connectivity index is 1.13. The third-order valence-electron chi connectivity index (χ3n) is 13.8. The molecule has 5 heteroatoms. The predicted molar refractivity (Wildman–Crippen MR) is 235 cm³/mol. The summed E-state index contributed by atoms with van der Waals surface area (Å²) in [4.78, 5) is 11.1. The first-order valence-corrected chi connectivity index (χ1v) is 22.1. The van der Waals surface area contributed by atoms with E-state index >= 15 is 0 Å². The molecule has 0 saturated carbocycles. The highest BCUT2D eigenvalue weighted by Crippen LogP contribution is 2.46. The van der Waals surface area contributed by atoms with Gasteiger partial charge in [0.1, 0.15) is 11.3 Å². The van der Waals surface area contributed by atoms with E-state index in [1.165, 1.54) is 98.2 Å². The van der Waals surface area contributed by atoms with Crippen LogP contribution in [-0.4, -0.2) is 26.8 Å². The van der Waals surface area contributed by atoms with Crippen molar-refractivity contribution in [2.24, 2.45) is 0 Å². The van der Waals surface area contributed by atoms with E-state index in [-0.39, 0.29) is 5.04 Å². The summed E-state index contributed by atoms with van der Waals surface area (Å²) in [6, 6.07) is 48.2. The van der Waals surface area contributed by atoms with Crippen LogP contribution in [0.4, 0.5) is 0 Å². The number of rotatable bonds is 4. The Morgan fingerprint density at radius 1 is 0.589 bits per heavy atom. The van der Waals surface area contributed by atoms with Crippen molar-refractivity contribution in [2.75, 3.05) is 0 Å². The first kappa shape index (κ1) is 32.2. The number of hydrogen-bond donors (Lipinski definition) is 0. The lowest BCUT2D eigenvalue weighted by Gasteiger charge is -2.49. The Morgan fingerprint density at radius 3 is 1.95 bits per heavy atom. The third kappa shape index (κ3) is 3.84. The molecule has 0 aliphatic carbocycles. The van der Waals surface area contributed by atoms with Gasteiger partial charge in [0.05, 0.1) is 22.4 Å². The number of hydrogen-bond acceptors (Lipinski definition) is 2. The summed E-state index contributed by atoms with van der Waals surface area (Å²) in [5, 5.41) is 11.8. The van der Waals surface area contributed by atoms with Crippen LogP contribution >= 0.6 is 0 Å². The molecule has 10 aromatic rings. The topological polar surface area (TPSA) is 34.6 Å². The second-order valence-electron chi connectivity index (χ2n) is 17.0. The molecule has 0 N–H and O–H groups in total. The van der Waals surface area contributed by atoms with Gasteiger partial charge >= 0.3 is 0 Å². The van der Waals surface area contributed by atoms with Crippen LogP contribution in [0, 0.1) is 20.8 Å². The van der Waals surface area contributed by atoms with Crippen molar-refractivity contribution in [1.29, 1.82) is 0 Å². The van der Waals surface area contributed by atoms with E-state index in [4.69, 9.17) is 9.97 Å². The Hall–Kier alpha value is -6.04. The SMILES string of the molecule is Cc1nc2c3ccc(Cc4nc5c6ccccc6c6c(C)ccc7c6n5c4CC7)cc3c3c(C)ccc4c3n2c1[Si](c1ccccc1)(c1ccccc1)C4(C)C. The zero-order chi connectivity index (χ0) is 37.7. The minimum Gasteiger partial charge on any atom is -0.299 e. The molecule has 0 atom stereocenters. The maximum absolute atomic E-state index is 5.56. The molecule has 6 aromatic carbocycles. The van der Waals surface area contributed by atoms with Gasteiger partial charge in [-0.2, -0.15) is 0 Å². The zero-order valence-corrected chi connectivity index (χ0v) is 33.5. The molecular weight excluding hydrogens is 697 g/mol. The first-order chi connectivity index (χ1) is 27.3. The second-order valence-corrected chi connectivity index (χ2v) is 21.4. The number of aryl methyl sites for hydroxylation is 5. The number of nitrogens with zero attached hydrogens (tertiary/aromatic N) is 4. The lowest BCUT2D eigenvalue weighted by atomic mass is 9.91. The Labute approximate surface area is 327 Å². The molecule has 0 radical (unpaired) electrons. The molecule has 2 aliphatic rings. The van der Waals surface area contributed by atoms with Crippen molar-refractivity contribution in [1.82, 2.24) is 18.8 Å². The van der Waals surface area contributed by atoms with Gasteiger partial charge in [-0.25, -0.2) is 9.97 Å². The summed E-state index contributed by atoms with van der Waals surface area (Å²) in [7, 11) is -2.72. The van der Waals surface area contributed by atoms with Gasteiger partial charge in [0.15, 0.2) is 8.07 Å². The number of aromatic nitrogens is 4. The lowest BCUT2D eigenvalue weighted by Crippen LogP contribution is -2.79. The monoisotopic (exact) mass is 738 g/mol. The smallest absolute Gasteiger partial charge is 0.181 e. The van der Waals surface area contributed by atoms with Crippen LogP contribution in [0.2, 0.25) is 0 Å². The lowest BCUT2D eigenvalue weighted by molar-refractivity contribution is 0.731. The summed E-state index contributed by atoms with van der Waals surface area (Å²) in [6.45, 7) is 11.8. The maximum Gasteiger partial charge on any atom is 0.181 e. The number of imidazole rings is 2. The molecule has 56 heavy (non-hydrogen) atoms. The second kappa shape index (κ2) is 11.0. The molecular formula is C51H42N4Si. The van der Waals surface area contributed by atoms with Crippen LogP contribution in [0.15, 0.2) is 127 Å². The van der Waals surface area contributed by atoms with Crippen LogP contribution in [0.25, 0.3) is 54.6 Å². The summed E-state index contributed by atoms with van der Waals surface area (Å²) in [5.74, 6) is 0. The highest BCUT2D eigenvalue weighted by Gasteiger charge is 2.58. The van der Waals surface area contributed by atoms with Gasteiger partial charge in [0.25, 0.3) is 0 Å². The van der Waals surface area contributed by atoms with Crippen LogP contribution in [-0.2, 0) is 24.3 Å². The molecule has 0 fully saturated rings. The van der Waals surface area contributed by atoms with Gasteiger partial charge in [-0.15, -0.1) is 0 Å². The average molecular weight is 739 g/mol. The molecule has 4 nitrogen and oxygen atoms in total. The number of fused-ring (bicyclic) bond motifs is 6. The molecule has 4 aromatic heterocycles. The van der Waals surface area contributed by atoms with E-state index in [1.807, 2.05) is 0 Å². The molecule has 0 unspecified atom stereocenters. The Kier molecular flexibility index (Phi) is 6.36. The normalized spacial score (nSPS) is 15.4. The van der Waals surface area contributed by atoms with Crippen molar-refractivity contribution in [2.45, 2.75) is 58.9 Å². The molecule has 270 valence electrons. The van der Waals surface area contributed by atoms with Gasteiger partial charge in [0, 0.05) is 44.0 Å². The summed E-state index contributed by atoms with van der Waals surface area (Å²) < 4.78 is 5.11. The molecule has 0 amide bonds. The van der Waals surface area contributed by atoms with Gasteiger partial charge in [-0.1, -0.05) is 135 Å². The number of benzene rings is 6. The summed E-state index contributed by atoms with van der Waals surface area (Å²) in [5.41, 5.74) is 15.3. The van der Waals surface area contributed by atoms with Crippen LogP contribution in [0.3, 0.4) is 0 Å². The van der Waals surface area contributed by atoms with Crippen LogP contribution < -0.4 is 15.7 Å². The quantitative estimate of drug-likeness (QED) is 0.133. The summed E-state index contributed by atoms with van der Waals surface area (Å²) in [6.07, 6.45) is 2.83. The van der Waals surface area contributed by atoms with Gasteiger partial charge in [-0.05, 0) is 88.6 Å². The minimum absolute atomic E-state index is 0.178. The largest absolute Gasteiger partial charge is 0.299 e. The third-order valence-corrected chi connectivity index (χ3v) is 19.7.